The number of unbranched alkanes of at least 4 members (excludes halogenated alkanes) is 6. The maximum Gasteiger partial charge on any atom is 0.228 e. The molecular formula is C26H32F3NO. The van der Waals surface area contributed by atoms with E-state index >= 15 is 0 Å². The molecule has 2 nitrogen and oxygen atoms in total. The van der Waals surface area contributed by atoms with Crippen molar-refractivity contribution in [2.45, 2.75) is 71.1 Å². The molecule has 0 fully saturated rings. The molecule has 0 saturated carbocycles. The van der Waals surface area contributed by atoms with Crippen LogP contribution in [0, 0.1) is 29.3 Å². The van der Waals surface area contributed by atoms with Gasteiger partial charge in [0.1, 0.15) is 11.5 Å². The minimum absolute atomic E-state index is 0.122. The number of hydrogen-bond donors (Lipinski definition) is 1. The first-order valence-corrected chi connectivity index (χ1v) is 11.5. The minimum atomic E-state index is -1.09. The molecule has 0 bridgehead atoms. The van der Waals surface area contributed by atoms with Crippen molar-refractivity contribution >= 4 is 11.6 Å². The van der Waals surface area contributed by atoms with Gasteiger partial charge in [0.2, 0.25) is 5.91 Å². The van der Waals surface area contributed by atoms with Crippen LogP contribution in [0.3, 0.4) is 0 Å². The highest BCUT2D eigenvalue weighted by Crippen LogP contribution is 2.35. The SMILES string of the molecule is CCCCCCCCC[C@@H]1Cc2ccccc2C[C@H]1C(=O)Nc1c(F)cc(F)cc1F. The predicted octanol–water partition coefficient (Wildman–Crippen LogP) is 7.21. The number of rotatable bonds is 10. The Labute approximate surface area is 183 Å². The van der Waals surface area contributed by atoms with Crippen LogP contribution in [-0.2, 0) is 17.6 Å². The maximum absolute atomic E-state index is 14.1. The molecule has 0 unspecified atom stereocenters. The number of carbonyl (C=O) groups excluding carboxylic acids is 1. The van der Waals surface area contributed by atoms with Crippen LogP contribution in [-0.4, -0.2) is 5.91 Å². The van der Waals surface area contributed by atoms with Gasteiger partial charge in [0.25, 0.3) is 0 Å². The Hall–Kier alpha value is -2.30. The van der Waals surface area contributed by atoms with Crippen molar-refractivity contribution in [1.29, 1.82) is 0 Å². The summed E-state index contributed by atoms with van der Waals surface area (Å²) in [6.45, 7) is 2.20. The Kier molecular flexibility index (Phi) is 8.56. The van der Waals surface area contributed by atoms with E-state index in [1.165, 1.54) is 37.7 Å². The average molecular weight is 432 g/mol. The van der Waals surface area contributed by atoms with Crippen LogP contribution in [0.1, 0.15) is 69.4 Å². The minimum Gasteiger partial charge on any atom is -0.321 e. The Bertz CT molecular complexity index is 860. The topological polar surface area (TPSA) is 29.1 Å². The number of nitrogens with one attached hydrogen (secondary N) is 1. The standard InChI is InChI=1S/C26H32F3NO/c1-2-3-4-5-6-7-8-13-20-14-18-11-9-10-12-19(18)15-22(20)26(31)30-25-23(28)16-21(27)17-24(25)29/h9-12,16-17,20,22H,2-8,13-15H2,1H3,(H,30,31)/t20-,22-/m1/s1. The number of anilines is 1. The highest BCUT2D eigenvalue weighted by molar-refractivity contribution is 5.93. The van der Waals surface area contributed by atoms with Crippen LogP contribution in [0.15, 0.2) is 36.4 Å². The zero-order chi connectivity index (χ0) is 22.2. The van der Waals surface area contributed by atoms with E-state index in [1.807, 2.05) is 18.2 Å². The summed E-state index contributed by atoms with van der Waals surface area (Å²) in [5, 5.41) is 2.41. The van der Waals surface area contributed by atoms with Crippen LogP contribution in [0.5, 0.6) is 0 Å². The Balaban J connectivity index is 1.67. The average Bonchev–Trinajstić information content (AvgIpc) is 2.75. The van der Waals surface area contributed by atoms with E-state index in [2.05, 4.69) is 18.3 Å². The van der Waals surface area contributed by atoms with Crippen molar-refractivity contribution in [2.75, 3.05) is 5.32 Å². The molecule has 0 radical (unpaired) electrons. The molecule has 1 aliphatic rings. The van der Waals surface area contributed by atoms with Gasteiger partial charge in [-0.2, -0.15) is 0 Å². The zero-order valence-corrected chi connectivity index (χ0v) is 18.2. The first-order valence-electron chi connectivity index (χ1n) is 11.5. The summed E-state index contributed by atoms with van der Waals surface area (Å²) in [6.07, 6.45) is 10.7. The summed E-state index contributed by atoms with van der Waals surface area (Å²) in [6, 6.07) is 9.24. The van der Waals surface area contributed by atoms with Gasteiger partial charge in [0, 0.05) is 18.1 Å². The predicted molar refractivity (Wildman–Crippen MR) is 118 cm³/mol. The fraction of sp³-hybridized carbons (Fsp3) is 0.500. The highest BCUT2D eigenvalue weighted by Gasteiger charge is 2.33. The molecule has 0 aliphatic heterocycles. The molecule has 0 spiro atoms. The van der Waals surface area contributed by atoms with Gasteiger partial charge in [-0.1, -0.05) is 76.1 Å². The van der Waals surface area contributed by atoms with E-state index in [1.54, 1.807) is 0 Å². The summed E-state index contributed by atoms with van der Waals surface area (Å²) in [4.78, 5) is 13.0. The Morgan fingerprint density at radius 3 is 2.13 bits per heavy atom. The maximum atomic E-state index is 14.1. The summed E-state index contributed by atoms with van der Waals surface area (Å²) >= 11 is 0. The third-order valence-electron chi connectivity index (χ3n) is 6.38. The van der Waals surface area contributed by atoms with E-state index in [4.69, 9.17) is 0 Å². The van der Waals surface area contributed by atoms with Crippen molar-refractivity contribution in [3.05, 3.63) is 65.0 Å². The number of hydrogen-bond acceptors (Lipinski definition) is 1. The third kappa shape index (κ3) is 6.34. The van der Waals surface area contributed by atoms with E-state index in [9.17, 15) is 18.0 Å². The second-order valence-corrected chi connectivity index (χ2v) is 8.69. The molecule has 3 rings (SSSR count). The van der Waals surface area contributed by atoms with Crippen LogP contribution >= 0.6 is 0 Å². The smallest absolute Gasteiger partial charge is 0.228 e. The molecule has 2 aromatic rings. The van der Waals surface area contributed by atoms with E-state index in [0.717, 1.165) is 31.2 Å². The molecule has 1 aliphatic carbocycles. The fourth-order valence-electron chi connectivity index (χ4n) is 4.64. The van der Waals surface area contributed by atoms with Gasteiger partial charge in [-0.3, -0.25) is 4.79 Å². The van der Waals surface area contributed by atoms with Crippen molar-refractivity contribution in [2.24, 2.45) is 11.8 Å². The normalized spacial score (nSPS) is 17.9. The molecule has 168 valence electrons. The second-order valence-electron chi connectivity index (χ2n) is 8.69. The van der Waals surface area contributed by atoms with Crippen LogP contribution < -0.4 is 5.32 Å². The molecule has 2 aromatic carbocycles. The molecule has 1 amide bonds. The lowest BCUT2D eigenvalue weighted by Crippen LogP contribution is -2.36. The summed E-state index contributed by atoms with van der Waals surface area (Å²) in [5.41, 5.74) is 1.79. The zero-order valence-electron chi connectivity index (χ0n) is 18.2. The monoisotopic (exact) mass is 431 g/mol. The summed E-state index contributed by atoms with van der Waals surface area (Å²) in [5.74, 6) is -3.82. The molecule has 0 aromatic heterocycles. The molecule has 5 heteroatoms. The first-order chi connectivity index (χ1) is 15.0. The molecule has 2 atom stereocenters. The van der Waals surface area contributed by atoms with E-state index < -0.39 is 29.0 Å². The second kappa shape index (κ2) is 11.4. The van der Waals surface area contributed by atoms with Gasteiger partial charge < -0.3 is 5.32 Å². The number of halogens is 3. The number of amides is 1. The van der Waals surface area contributed by atoms with E-state index in [-0.39, 0.29) is 11.8 Å². The number of benzene rings is 2. The van der Waals surface area contributed by atoms with Crippen molar-refractivity contribution in [3.63, 3.8) is 0 Å². The van der Waals surface area contributed by atoms with E-state index in [0.29, 0.717) is 18.6 Å². The van der Waals surface area contributed by atoms with Gasteiger partial charge in [-0.15, -0.1) is 0 Å². The molecule has 31 heavy (non-hydrogen) atoms. The van der Waals surface area contributed by atoms with Gasteiger partial charge in [0.15, 0.2) is 11.6 Å². The van der Waals surface area contributed by atoms with Crippen LogP contribution in [0.25, 0.3) is 0 Å². The lowest BCUT2D eigenvalue weighted by atomic mass is 9.73. The van der Waals surface area contributed by atoms with Gasteiger partial charge in [0.05, 0.1) is 0 Å². The highest BCUT2D eigenvalue weighted by atomic mass is 19.1. The lowest BCUT2D eigenvalue weighted by molar-refractivity contribution is -0.121. The number of fused-ring (bicyclic) bond motifs is 1. The van der Waals surface area contributed by atoms with Gasteiger partial charge in [-0.05, 0) is 36.3 Å². The largest absolute Gasteiger partial charge is 0.321 e. The Morgan fingerprint density at radius 2 is 1.48 bits per heavy atom. The molecular weight excluding hydrogens is 399 g/mol. The van der Waals surface area contributed by atoms with Crippen molar-refractivity contribution < 1.29 is 18.0 Å². The quantitative estimate of drug-likeness (QED) is 0.396. The Morgan fingerprint density at radius 1 is 0.903 bits per heavy atom. The van der Waals surface area contributed by atoms with Crippen molar-refractivity contribution in [1.82, 2.24) is 0 Å². The lowest BCUT2D eigenvalue weighted by Gasteiger charge is -2.32. The fourth-order valence-corrected chi connectivity index (χ4v) is 4.64. The molecule has 0 saturated heterocycles. The third-order valence-corrected chi connectivity index (χ3v) is 6.38. The summed E-state index contributed by atoms with van der Waals surface area (Å²) in [7, 11) is 0. The molecule has 1 N–H and O–H groups in total. The number of carbonyl (C=O) groups is 1. The van der Waals surface area contributed by atoms with Crippen LogP contribution in [0.4, 0.5) is 18.9 Å². The van der Waals surface area contributed by atoms with Gasteiger partial charge in [-0.25, -0.2) is 13.2 Å². The van der Waals surface area contributed by atoms with Crippen LogP contribution in [0.2, 0.25) is 0 Å². The first kappa shape index (κ1) is 23.4. The summed E-state index contributed by atoms with van der Waals surface area (Å²) < 4.78 is 41.3. The molecule has 0 heterocycles. The van der Waals surface area contributed by atoms with Crippen molar-refractivity contribution in [3.8, 4) is 0 Å². The van der Waals surface area contributed by atoms with Gasteiger partial charge >= 0.3 is 0 Å².